The molecule has 7 nitrogen and oxygen atoms in total. The van der Waals surface area contributed by atoms with Gasteiger partial charge in [0.15, 0.2) is 11.5 Å². The van der Waals surface area contributed by atoms with E-state index in [0.717, 1.165) is 31.6 Å². The van der Waals surface area contributed by atoms with E-state index in [1.165, 1.54) is 6.20 Å². The molecule has 2 N–H and O–H groups in total. The standard InChI is InChI=1S/C25H30N4O3/c1-14(2)17-6-8-18(9-7-17)29-24(30)19-13-27-25-23(22(19)28-15(3)4)31-21-11-16(12-26)5-10-20(21)32-25/h5,10-11,13-15,17-18H,6-9H2,1-4H3,(H,27,28)(H,29,30). The monoisotopic (exact) mass is 434 g/mol. The molecule has 1 amide bonds. The molecule has 1 aliphatic carbocycles. The summed E-state index contributed by atoms with van der Waals surface area (Å²) in [5.41, 5.74) is 1.44. The van der Waals surface area contributed by atoms with Gasteiger partial charge in [-0.1, -0.05) is 13.8 Å². The molecule has 0 radical (unpaired) electrons. The van der Waals surface area contributed by atoms with Crippen LogP contribution in [-0.2, 0) is 0 Å². The first-order chi connectivity index (χ1) is 15.4. The number of rotatable bonds is 5. The average molecular weight is 435 g/mol. The molecule has 7 heteroatoms. The SMILES string of the molecule is CC(C)Nc1c(C(=O)NC2CCC(C(C)C)CC2)cnc2c1Oc1cc(C#N)ccc1O2. The fourth-order valence-corrected chi connectivity index (χ4v) is 4.40. The molecule has 0 spiro atoms. The quantitative estimate of drug-likeness (QED) is 0.541. The van der Waals surface area contributed by atoms with Gasteiger partial charge in [0.25, 0.3) is 11.8 Å². The Balaban J connectivity index is 1.59. The highest BCUT2D eigenvalue weighted by molar-refractivity contribution is 6.01. The third-order valence-corrected chi connectivity index (χ3v) is 6.22. The third kappa shape index (κ3) is 4.50. The first kappa shape index (κ1) is 21.9. The maximum Gasteiger partial charge on any atom is 0.265 e. The fourth-order valence-electron chi connectivity index (χ4n) is 4.40. The van der Waals surface area contributed by atoms with Gasteiger partial charge in [-0.3, -0.25) is 4.79 Å². The van der Waals surface area contributed by atoms with Crippen LogP contribution in [0.5, 0.6) is 23.1 Å². The van der Waals surface area contributed by atoms with Crippen LogP contribution in [0.4, 0.5) is 5.69 Å². The summed E-state index contributed by atoms with van der Waals surface area (Å²) in [6.07, 6.45) is 5.79. The maximum atomic E-state index is 13.2. The third-order valence-electron chi connectivity index (χ3n) is 6.22. The number of benzene rings is 1. The van der Waals surface area contributed by atoms with E-state index in [0.29, 0.717) is 45.9 Å². The van der Waals surface area contributed by atoms with Crippen molar-refractivity contribution in [2.75, 3.05) is 5.32 Å². The lowest BCUT2D eigenvalue weighted by atomic mass is 9.79. The number of carbonyl (C=O) groups excluding carboxylic acids is 1. The molecule has 0 bridgehead atoms. The van der Waals surface area contributed by atoms with Gasteiger partial charge in [-0.15, -0.1) is 0 Å². The van der Waals surface area contributed by atoms with E-state index < -0.39 is 0 Å². The molecule has 2 aromatic rings. The second-order valence-corrected chi connectivity index (χ2v) is 9.29. The molecule has 1 aliphatic heterocycles. The molecule has 0 atom stereocenters. The lowest BCUT2D eigenvalue weighted by molar-refractivity contribution is 0.0918. The minimum Gasteiger partial charge on any atom is -0.445 e. The van der Waals surface area contributed by atoms with Crippen LogP contribution in [-0.4, -0.2) is 23.0 Å². The van der Waals surface area contributed by atoms with Crippen LogP contribution in [0.3, 0.4) is 0 Å². The fraction of sp³-hybridized carbons (Fsp3) is 0.480. The Morgan fingerprint density at radius 2 is 1.88 bits per heavy atom. The molecule has 0 saturated heterocycles. The van der Waals surface area contributed by atoms with Gasteiger partial charge in [0.05, 0.1) is 22.9 Å². The predicted octanol–water partition coefficient (Wildman–Crippen LogP) is 5.62. The average Bonchev–Trinajstić information content (AvgIpc) is 2.77. The lowest BCUT2D eigenvalue weighted by Gasteiger charge is -2.31. The summed E-state index contributed by atoms with van der Waals surface area (Å²) >= 11 is 0. The van der Waals surface area contributed by atoms with Crippen LogP contribution in [0.2, 0.25) is 0 Å². The zero-order valence-corrected chi connectivity index (χ0v) is 19.1. The maximum absolute atomic E-state index is 13.2. The van der Waals surface area contributed by atoms with Crippen molar-refractivity contribution in [2.24, 2.45) is 11.8 Å². The number of hydrogen-bond donors (Lipinski definition) is 2. The number of anilines is 1. The summed E-state index contributed by atoms with van der Waals surface area (Å²) in [4.78, 5) is 17.6. The molecule has 1 aromatic carbocycles. The molecular weight excluding hydrogens is 404 g/mol. The van der Waals surface area contributed by atoms with Gasteiger partial charge in [-0.05, 0) is 63.5 Å². The van der Waals surface area contributed by atoms with Gasteiger partial charge in [0.1, 0.15) is 0 Å². The number of carbonyl (C=O) groups is 1. The van der Waals surface area contributed by atoms with Crippen LogP contribution in [0, 0.1) is 23.2 Å². The van der Waals surface area contributed by atoms with Crippen molar-refractivity contribution >= 4 is 11.6 Å². The number of hydrogen-bond acceptors (Lipinski definition) is 6. The van der Waals surface area contributed by atoms with E-state index in [-0.39, 0.29) is 18.0 Å². The largest absolute Gasteiger partial charge is 0.445 e. The van der Waals surface area contributed by atoms with Crippen LogP contribution >= 0.6 is 0 Å². The Kier molecular flexibility index (Phi) is 6.22. The van der Waals surface area contributed by atoms with E-state index >= 15 is 0 Å². The lowest BCUT2D eigenvalue weighted by Crippen LogP contribution is -2.38. The summed E-state index contributed by atoms with van der Waals surface area (Å²) < 4.78 is 12.0. The number of pyridine rings is 1. The second-order valence-electron chi connectivity index (χ2n) is 9.29. The van der Waals surface area contributed by atoms with Crippen molar-refractivity contribution in [3.8, 4) is 29.2 Å². The Labute approximate surface area is 189 Å². The smallest absolute Gasteiger partial charge is 0.265 e. The Bertz CT molecular complexity index is 1050. The zero-order chi connectivity index (χ0) is 22.8. The predicted molar refractivity (Wildman–Crippen MR) is 122 cm³/mol. The Hall–Kier alpha value is -3.27. The van der Waals surface area contributed by atoms with Gasteiger partial charge >= 0.3 is 0 Å². The van der Waals surface area contributed by atoms with Crippen LogP contribution in [0.25, 0.3) is 0 Å². The van der Waals surface area contributed by atoms with Crippen molar-refractivity contribution in [3.05, 3.63) is 35.5 Å². The summed E-state index contributed by atoms with van der Waals surface area (Å²) in [5, 5.41) is 15.7. The normalized spacial score (nSPS) is 19.3. The molecular formula is C25H30N4O3. The first-order valence-electron chi connectivity index (χ1n) is 11.4. The molecule has 168 valence electrons. The first-order valence-corrected chi connectivity index (χ1v) is 11.4. The molecule has 1 fully saturated rings. The Morgan fingerprint density at radius 3 is 2.53 bits per heavy atom. The van der Waals surface area contributed by atoms with Gasteiger partial charge in [-0.25, -0.2) is 4.98 Å². The number of aromatic nitrogens is 1. The van der Waals surface area contributed by atoms with Gasteiger partial charge in [0.2, 0.25) is 5.75 Å². The number of nitrogens with zero attached hydrogens (tertiary/aromatic N) is 2. The molecule has 2 heterocycles. The minimum absolute atomic E-state index is 0.0602. The zero-order valence-electron chi connectivity index (χ0n) is 19.1. The highest BCUT2D eigenvalue weighted by atomic mass is 16.6. The van der Waals surface area contributed by atoms with Crippen LogP contribution < -0.4 is 20.1 Å². The molecule has 32 heavy (non-hydrogen) atoms. The van der Waals surface area contributed by atoms with E-state index in [1.807, 2.05) is 13.8 Å². The van der Waals surface area contributed by atoms with Gasteiger partial charge in [-0.2, -0.15) is 5.26 Å². The second kappa shape index (κ2) is 9.07. The van der Waals surface area contributed by atoms with E-state index in [1.54, 1.807) is 18.2 Å². The minimum atomic E-state index is -0.170. The number of amides is 1. The van der Waals surface area contributed by atoms with E-state index in [9.17, 15) is 10.1 Å². The summed E-state index contributed by atoms with van der Waals surface area (Å²) in [5.74, 6) is 2.80. The van der Waals surface area contributed by atoms with Gasteiger partial charge < -0.3 is 20.1 Å². The highest BCUT2D eigenvalue weighted by Crippen LogP contribution is 2.49. The summed E-state index contributed by atoms with van der Waals surface area (Å²) in [6, 6.07) is 7.29. The number of fused-ring (bicyclic) bond motifs is 2. The summed E-state index contributed by atoms with van der Waals surface area (Å²) in [7, 11) is 0. The van der Waals surface area contributed by atoms with Crippen molar-refractivity contribution in [1.82, 2.24) is 10.3 Å². The molecule has 0 unspecified atom stereocenters. The summed E-state index contributed by atoms with van der Waals surface area (Å²) in [6.45, 7) is 8.53. The van der Waals surface area contributed by atoms with Crippen molar-refractivity contribution in [3.63, 3.8) is 0 Å². The van der Waals surface area contributed by atoms with Crippen molar-refractivity contribution in [2.45, 2.75) is 65.5 Å². The number of ether oxygens (including phenoxy) is 2. The topological polar surface area (TPSA) is 96.3 Å². The van der Waals surface area contributed by atoms with Crippen LogP contribution in [0.15, 0.2) is 24.4 Å². The number of nitrogens with one attached hydrogen (secondary N) is 2. The molecule has 1 saturated carbocycles. The van der Waals surface area contributed by atoms with E-state index in [4.69, 9.17) is 9.47 Å². The highest BCUT2D eigenvalue weighted by Gasteiger charge is 2.30. The van der Waals surface area contributed by atoms with Crippen LogP contribution in [0.1, 0.15) is 69.3 Å². The Morgan fingerprint density at radius 1 is 1.12 bits per heavy atom. The molecule has 1 aromatic heterocycles. The van der Waals surface area contributed by atoms with E-state index in [2.05, 4.69) is 35.5 Å². The molecule has 2 aliphatic rings. The van der Waals surface area contributed by atoms with Crippen molar-refractivity contribution < 1.29 is 14.3 Å². The molecule has 4 rings (SSSR count). The number of nitriles is 1. The van der Waals surface area contributed by atoms with Gasteiger partial charge in [0, 0.05) is 24.3 Å². The van der Waals surface area contributed by atoms with Crippen molar-refractivity contribution in [1.29, 1.82) is 5.26 Å².